The molecule has 0 spiro atoms. The summed E-state index contributed by atoms with van der Waals surface area (Å²) in [5.74, 6) is 0. The molecule has 0 aliphatic carbocycles. The van der Waals surface area contributed by atoms with E-state index in [1.54, 1.807) is 24.3 Å². The highest BCUT2D eigenvalue weighted by molar-refractivity contribution is 9.10. The van der Waals surface area contributed by atoms with Crippen LogP contribution in [0.4, 0.5) is 13.2 Å². The van der Waals surface area contributed by atoms with Crippen molar-refractivity contribution in [2.45, 2.75) is 18.8 Å². The average Bonchev–Trinajstić information content (AvgIpc) is 2.78. The minimum Gasteiger partial charge on any atom is -0.386 e. The minimum atomic E-state index is -4.46. The smallest absolute Gasteiger partial charge is 0.386 e. The van der Waals surface area contributed by atoms with E-state index in [0.29, 0.717) is 5.56 Å². The Kier molecular flexibility index (Phi) is 3.96. The predicted octanol–water partition coefficient (Wildman–Crippen LogP) is 3.40. The van der Waals surface area contributed by atoms with Crippen LogP contribution in [0.15, 0.2) is 41.0 Å². The summed E-state index contributed by atoms with van der Waals surface area (Å²) in [4.78, 5) is 0. The Morgan fingerprint density at radius 2 is 1.84 bits per heavy atom. The van der Waals surface area contributed by atoms with E-state index in [-0.39, 0.29) is 6.54 Å². The first kappa shape index (κ1) is 14.1. The quantitative estimate of drug-likeness (QED) is 0.934. The number of aromatic nitrogens is 2. The number of hydrogen-bond donors (Lipinski definition) is 1. The van der Waals surface area contributed by atoms with Crippen molar-refractivity contribution >= 4 is 15.9 Å². The fraction of sp³-hybridized carbons (Fsp3) is 0.250. The van der Waals surface area contributed by atoms with Crippen LogP contribution in [0.1, 0.15) is 17.4 Å². The molecule has 0 radical (unpaired) electrons. The Bertz CT molecular complexity index is 551. The van der Waals surface area contributed by atoms with Crippen molar-refractivity contribution < 1.29 is 18.3 Å². The van der Waals surface area contributed by atoms with Gasteiger partial charge in [0.1, 0.15) is 0 Å². The number of aliphatic hydroxyl groups excluding tert-OH is 1. The van der Waals surface area contributed by atoms with Crippen molar-refractivity contribution in [1.29, 1.82) is 0 Å². The minimum absolute atomic E-state index is 0.0300. The van der Waals surface area contributed by atoms with Crippen LogP contribution < -0.4 is 0 Å². The van der Waals surface area contributed by atoms with Gasteiger partial charge in [0.2, 0.25) is 0 Å². The summed E-state index contributed by atoms with van der Waals surface area (Å²) in [5, 5.41) is 13.3. The van der Waals surface area contributed by atoms with Crippen LogP contribution in [0.3, 0.4) is 0 Å². The Labute approximate surface area is 115 Å². The van der Waals surface area contributed by atoms with Crippen molar-refractivity contribution in [3.8, 4) is 0 Å². The molecule has 2 aromatic rings. The molecule has 1 heterocycles. The highest BCUT2D eigenvalue weighted by Crippen LogP contribution is 2.27. The van der Waals surface area contributed by atoms with Crippen LogP contribution in [-0.4, -0.2) is 14.9 Å². The summed E-state index contributed by atoms with van der Waals surface area (Å²) in [5.41, 5.74) is -0.345. The Hall–Kier alpha value is -1.34. The molecule has 0 saturated carbocycles. The van der Waals surface area contributed by atoms with E-state index in [0.717, 1.165) is 15.2 Å². The van der Waals surface area contributed by atoms with Crippen molar-refractivity contribution in [1.82, 2.24) is 9.78 Å². The van der Waals surface area contributed by atoms with E-state index in [1.807, 2.05) is 0 Å². The number of benzene rings is 1. The molecule has 1 unspecified atom stereocenters. The third kappa shape index (κ3) is 3.57. The summed E-state index contributed by atoms with van der Waals surface area (Å²) in [7, 11) is 0. The molecule has 0 saturated heterocycles. The standard InChI is InChI=1S/C12H10BrF3N2O/c13-9-3-1-8(2-4-9)10(19)7-18-6-5-11(17-18)12(14,15)16/h1-6,10,19H,7H2. The van der Waals surface area contributed by atoms with E-state index in [4.69, 9.17) is 0 Å². The van der Waals surface area contributed by atoms with Gasteiger partial charge in [0.25, 0.3) is 0 Å². The van der Waals surface area contributed by atoms with Crippen LogP contribution in [0.5, 0.6) is 0 Å². The van der Waals surface area contributed by atoms with Gasteiger partial charge >= 0.3 is 6.18 Å². The third-order valence-electron chi connectivity index (χ3n) is 2.55. The number of halogens is 4. The molecular weight excluding hydrogens is 325 g/mol. The first-order valence-corrected chi connectivity index (χ1v) is 6.20. The molecule has 19 heavy (non-hydrogen) atoms. The molecule has 1 N–H and O–H groups in total. The van der Waals surface area contributed by atoms with Gasteiger partial charge in [-0.1, -0.05) is 28.1 Å². The van der Waals surface area contributed by atoms with E-state index >= 15 is 0 Å². The molecule has 0 amide bonds. The molecule has 0 bridgehead atoms. The lowest BCUT2D eigenvalue weighted by Crippen LogP contribution is -2.12. The Morgan fingerprint density at radius 3 is 2.37 bits per heavy atom. The van der Waals surface area contributed by atoms with Gasteiger partial charge in [-0.25, -0.2) is 0 Å². The zero-order valence-corrected chi connectivity index (χ0v) is 11.2. The zero-order chi connectivity index (χ0) is 14.0. The van der Waals surface area contributed by atoms with E-state index in [2.05, 4.69) is 21.0 Å². The lowest BCUT2D eigenvalue weighted by molar-refractivity contribution is -0.141. The maximum atomic E-state index is 12.4. The fourth-order valence-electron chi connectivity index (χ4n) is 1.58. The number of aliphatic hydroxyl groups is 1. The summed E-state index contributed by atoms with van der Waals surface area (Å²) in [6.07, 6.45) is -4.17. The van der Waals surface area contributed by atoms with Gasteiger partial charge in [0, 0.05) is 10.7 Å². The van der Waals surface area contributed by atoms with Crippen LogP contribution >= 0.6 is 15.9 Å². The van der Waals surface area contributed by atoms with Gasteiger partial charge in [-0.3, -0.25) is 4.68 Å². The van der Waals surface area contributed by atoms with Crippen molar-refractivity contribution in [3.63, 3.8) is 0 Å². The fourth-order valence-corrected chi connectivity index (χ4v) is 1.85. The lowest BCUT2D eigenvalue weighted by Gasteiger charge is -2.11. The molecule has 3 nitrogen and oxygen atoms in total. The van der Waals surface area contributed by atoms with Gasteiger partial charge < -0.3 is 5.11 Å². The van der Waals surface area contributed by atoms with Gasteiger partial charge in [0.05, 0.1) is 12.6 Å². The van der Waals surface area contributed by atoms with Crippen LogP contribution in [0.25, 0.3) is 0 Å². The summed E-state index contributed by atoms with van der Waals surface area (Å²) in [6.45, 7) is -0.0300. The molecule has 0 aliphatic heterocycles. The Balaban J connectivity index is 2.08. The maximum Gasteiger partial charge on any atom is 0.435 e. The number of rotatable bonds is 3. The van der Waals surface area contributed by atoms with Gasteiger partial charge in [-0.2, -0.15) is 18.3 Å². The van der Waals surface area contributed by atoms with Gasteiger partial charge in [-0.15, -0.1) is 0 Å². The van der Waals surface area contributed by atoms with Crippen molar-refractivity contribution in [2.24, 2.45) is 0 Å². The molecule has 1 aromatic carbocycles. The number of alkyl halides is 3. The molecular formula is C12H10BrF3N2O. The molecule has 0 fully saturated rings. The highest BCUT2D eigenvalue weighted by Gasteiger charge is 2.33. The van der Waals surface area contributed by atoms with Crippen LogP contribution in [0, 0.1) is 0 Å². The van der Waals surface area contributed by atoms with Gasteiger partial charge in [0.15, 0.2) is 5.69 Å². The summed E-state index contributed by atoms with van der Waals surface area (Å²) in [6, 6.07) is 7.78. The first-order chi connectivity index (χ1) is 8.86. The molecule has 1 atom stereocenters. The zero-order valence-electron chi connectivity index (χ0n) is 9.60. The second-order valence-corrected chi connectivity index (χ2v) is 4.90. The monoisotopic (exact) mass is 334 g/mol. The normalized spacial score (nSPS) is 13.5. The molecule has 2 rings (SSSR count). The molecule has 7 heteroatoms. The first-order valence-electron chi connectivity index (χ1n) is 5.40. The lowest BCUT2D eigenvalue weighted by atomic mass is 10.1. The second-order valence-electron chi connectivity index (χ2n) is 3.99. The average molecular weight is 335 g/mol. The predicted molar refractivity (Wildman–Crippen MR) is 66.3 cm³/mol. The SMILES string of the molecule is OC(Cn1ccc(C(F)(F)F)n1)c1ccc(Br)cc1. The molecule has 102 valence electrons. The summed E-state index contributed by atoms with van der Waals surface area (Å²) < 4.78 is 39.0. The maximum absolute atomic E-state index is 12.4. The van der Waals surface area contributed by atoms with Crippen LogP contribution in [-0.2, 0) is 12.7 Å². The number of nitrogens with zero attached hydrogens (tertiary/aromatic N) is 2. The number of hydrogen-bond acceptors (Lipinski definition) is 2. The molecule has 0 aliphatic rings. The van der Waals surface area contributed by atoms with Crippen molar-refractivity contribution in [2.75, 3.05) is 0 Å². The van der Waals surface area contributed by atoms with E-state index in [1.165, 1.54) is 6.20 Å². The topological polar surface area (TPSA) is 38.0 Å². The second kappa shape index (κ2) is 5.34. The van der Waals surface area contributed by atoms with E-state index < -0.39 is 18.0 Å². The van der Waals surface area contributed by atoms with Crippen LogP contribution in [0.2, 0.25) is 0 Å². The summed E-state index contributed by atoms with van der Waals surface area (Å²) >= 11 is 3.26. The van der Waals surface area contributed by atoms with E-state index in [9.17, 15) is 18.3 Å². The third-order valence-corrected chi connectivity index (χ3v) is 3.07. The highest BCUT2D eigenvalue weighted by atomic mass is 79.9. The Morgan fingerprint density at radius 1 is 1.21 bits per heavy atom. The largest absolute Gasteiger partial charge is 0.435 e. The molecule has 1 aromatic heterocycles. The van der Waals surface area contributed by atoms with Crippen molar-refractivity contribution in [3.05, 3.63) is 52.3 Å². The van der Waals surface area contributed by atoms with Gasteiger partial charge in [-0.05, 0) is 23.8 Å².